The fourth-order valence-corrected chi connectivity index (χ4v) is 0. The maximum Gasteiger partial charge on any atom is 1.00 e. The van der Waals surface area contributed by atoms with Crippen molar-refractivity contribution in [2.75, 3.05) is 0 Å². The topological polar surface area (TPSA) is 158 Å². The van der Waals surface area contributed by atoms with E-state index in [2.05, 4.69) is 6.58 Å². The number of carboxylic acids is 1. The van der Waals surface area contributed by atoms with E-state index in [-0.39, 0.29) is 18.9 Å². The normalized spacial score (nSPS) is 5.56. The quantitative estimate of drug-likeness (QED) is 0.208. The molecule has 8 nitrogen and oxygen atoms in total. The molecule has 0 aliphatic rings. The molecule has 0 atom stereocenters. The number of carboxylic acid groups (broad SMARTS) is 3. The summed E-state index contributed by atoms with van der Waals surface area (Å²) in [6.45, 7) is 6.33. The average Bonchev–Trinajstić information content (AvgIpc) is 1.81. The average molecular weight is 232 g/mol. The minimum atomic E-state index is -2.42. The van der Waals surface area contributed by atoms with E-state index in [0.29, 0.717) is 0 Å². The summed E-state index contributed by atoms with van der Waals surface area (Å²) in [5.74, 6) is -0.833. The molecule has 0 aromatic carbocycles. The van der Waals surface area contributed by atoms with Gasteiger partial charge in [0.05, 0.1) is 0 Å². The van der Waals surface area contributed by atoms with Crippen LogP contribution in [0.2, 0.25) is 0 Å². The number of aliphatic carboxylic acids is 1. The molecular formula is C6H14BLiO8. The molecule has 5 N–H and O–H groups in total. The third-order valence-corrected chi connectivity index (χ3v) is 0. The molecule has 0 fully saturated rings. The summed E-state index contributed by atoms with van der Waals surface area (Å²) in [4.78, 5) is 17.6. The molecule has 0 unspecified atom stereocenters. The number of hydrogen-bond acceptors (Lipinski definition) is 5. The second-order valence-corrected chi connectivity index (χ2v) is 1.54. The van der Waals surface area contributed by atoms with Gasteiger partial charge in [-0.25, -0.2) is 4.79 Å². The Morgan fingerprint density at radius 3 is 1.25 bits per heavy atom. The first kappa shape index (κ1) is 29.4. The van der Waals surface area contributed by atoms with Crippen molar-refractivity contribution < 1.29 is 58.8 Å². The monoisotopic (exact) mass is 232 g/mol. The first-order valence-electron chi connectivity index (χ1n) is 3.32. The molecule has 10 heteroatoms. The van der Waals surface area contributed by atoms with Crippen LogP contribution < -0.4 is 23.9 Å². The van der Waals surface area contributed by atoms with Crippen LogP contribution in [0.25, 0.3) is 0 Å². The van der Waals surface area contributed by atoms with Crippen LogP contribution >= 0.6 is 0 Å². The summed E-state index contributed by atoms with van der Waals surface area (Å²) in [6, 6.07) is 0. The molecule has 0 amide bonds. The van der Waals surface area contributed by atoms with Crippen LogP contribution in [-0.4, -0.2) is 44.8 Å². The zero-order valence-corrected chi connectivity index (χ0v) is 9.32. The van der Waals surface area contributed by atoms with Crippen molar-refractivity contribution in [1.29, 1.82) is 0 Å². The molecule has 0 bridgehead atoms. The minimum Gasteiger partial charge on any atom is -0.832 e. The Bertz CT molecular complexity index is 140. The molecule has 0 aliphatic heterocycles. The standard InChI is InChI=1S/C3H6.C2H4O2.CH2O3.BH2O3.Li/c1-3-2;1-2(3)4;2*2-1(3)4;/h3H,1H2,2H3;1H3,(H,3,4);(H2,2,3,4);2-3H;/q;;;-1;+1. The summed E-state index contributed by atoms with van der Waals surface area (Å²) >= 11 is 0. The first-order valence-corrected chi connectivity index (χ1v) is 3.32. The number of carbonyl (C=O) groups is 2. The summed E-state index contributed by atoms with van der Waals surface area (Å²) in [6.07, 6.45) is -0.0833. The fraction of sp³-hybridized carbons (Fsp3) is 0.333. The van der Waals surface area contributed by atoms with Crippen molar-refractivity contribution in [3.8, 4) is 0 Å². The summed E-state index contributed by atoms with van der Waals surface area (Å²) in [5, 5.41) is 44.1. The Kier molecular flexibility index (Phi) is 53.7. The molecule has 0 heterocycles. The Morgan fingerprint density at radius 1 is 1.25 bits per heavy atom. The predicted molar refractivity (Wildman–Crippen MR) is 50.0 cm³/mol. The maximum absolute atomic E-state index is 9.00. The van der Waals surface area contributed by atoms with Gasteiger partial charge in [-0.2, -0.15) is 0 Å². The van der Waals surface area contributed by atoms with E-state index in [9.17, 15) is 0 Å². The van der Waals surface area contributed by atoms with E-state index in [4.69, 9.17) is 40.0 Å². The van der Waals surface area contributed by atoms with Gasteiger partial charge in [0.25, 0.3) is 5.97 Å². The van der Waals surface area contributed by atoms with E-state index >= 15 is 0 Å². The zero-order chi connectivity index (χ0) is 13.4. The number of rotatable bonds is 0. The van der Waals surface area contributed by atoms with Gasteiger partial charge >= 0.3 is 32.3 Å². The maximum atomic E-state index is 9.00. The van der Waals surface area contributed by atoms with Gasteiger partial charge in [-0.05, 0) is 6.92 Å². The van der Waals surface area contributed by atoms with Crippen LogP contribution in [0.5, 0.6) is 0 Å². The van der Waals surface area contributed by atoms with E-state index in [0.717, 1.165) is 6.92 Å². The van der Waals surface area contributed by atoms with Crippen LogP contribution in [0.15, 0.2) is 12.7 Å². The van der Waals surface area contributed by atoms with Gasteiger partial charge in [0.1, 0.15) is 0 Å². The van der Waals surface area contributed by atoms with Gasteiger partial charge in [0.2, 0.25) is 0 Å². The molecule has 16 heavy (non-hydrogen) atoms. The van der Waals surface area contributed by atoms with Crippen LogP contribution in [0.4, 0.5) is 4.79 Å². The van der Waals surface area contributed by atoms with E-state index in [1.807, 2.05) is 6.92 Å². The van der Waals surface area contributed by atoms with Crippen molar-refractivity contribution in [2.24, 2.45) is 0 Å². The van der Waals surface area contributed by atoms with Crippen molar-refractivity contribution in [3.05, 3.63) is 12.7 Å². The Morgan fingerprint density at radius 2 is 1.25 bits per heavy atom. The molecule has 0 saturated carbocycles. The smallest absolute Gasteiger partial charge is 0.832 e. The molecule has 0 saturated heterocycles. The minimum absolute atomic E-state index is 0. The van der Waals surface area contributed by atoms with Gasteiger partial charge in [-0.1, -0.05) is 6.08 Å². The Labute approximate surface area is 105 Å². The SMILES string of the molecule is C=CC.CC(=O)O.O=C(O)O.[Li+].[O-]B(O)O. The van der Waals surface area contributed by atoms with Gasteiger partial charge in [-0.3, -0.25) is 4.79 Å². The van der Waals surface area contributed by atoms with Crippen LogP contribution in [0, 0.1) is 0 Å². The van der Waals surface area contributed by atoms with Gasteiger partial charge in [0.15, 0.2) is 0 Å². The van der Waals surface area contributed by atoms with Crippen LogP contribution in [0.1, 0.15) is 13.8 Å². The molecule has 90 valence electrons. The number of allylic oxidation sites excluding steroid dienone is 1. The van der Waals surface area contributed by atoms with Crippen molar-refractivity contribution in [1.82, 2.24) is 0 Å². The molecule has 0 aromatic heterocycles. The summed E-state index contributed by atoms with van der Waals surface area (Å²) < 4.78 is 0. The second-order valence-electron chi connectivity index (χ2n) is 1.54. The molecule has 0 aliphatic carbocycles. The van der Waals surface area contributed by atoms with Crippen LogP contribution in [-0.2, 0) is 4.79 Å². The largest absolute Gasteiger partial charge is 1.00 e. The molecule has 0 spiro atoms. The third kappa shape index (κ3) is 1970. The molecule has 0 radical (unpaired) electrons. The van der Waals surface area contributed by atoms with E-state index in [1.165, 1.54) is 0 Å². The summed E-state index contributed by atoms with van der Waals surface area (Å²) in [5.41, 5.74) is 0. The molecule has 0 aromatic rings. The van der Waals surface area contributed by atoms with Gasteiger partial charge in [0, 0.05) is 6.92 Å². The van der Waals surface area contributed by atoms with Gasteiger partial charge in [-0.15, -0.1) is 6.58 Å². The first-order chi connectivity index (χ1) is 6.61. The Balaban J connectivity index is -0.0000000331. The fourth-order valence-electron chi connectivity index (χ4n) is 0. The number of hydrogen-bond donors (Lipinski definition) is 5. The van der Waals surface area contributed by atoms with Crippen molar-refractivity contribution in [2.45, 2.75) is 13.8 Å². The van der Waals surface area contributed by atoms with Gasteiger partial charge < -0.3 is 30.4 Å². The van der Waals surface area contributed by atoms with E-state index < -0.39 is 19.4 Å². The van der Waals surface area contributed by atoms with Crippen molar-refractivity contribution in [3.63, 3.8) is 0 Å². The second kappa shape index (κ2) is 29.2. The van der Waals surface area contributed by atoms with Crippen molar-refractivity contribution >= 4 is 19.4 Å². The predicted octanol–water partition coefficient (Wildman–Crippen LogP) is -4.17. The van der Waals surface area contributed by atoms with Crippen LogP contribution in [0.3, 0.4) is 0 Å². The molecular weight excluding hydrogens is 218 g/mol. The summed E-state index contributed by atoms with van der Waals surface area (Å²) in [7, 11) is -2.42. The Hall–Kier alpha value is -0.978. The third-order valence-electron chi connectivity index (χ3n) is 0. The zero-order valence-electron chi connectivity index (χ0n) is 9.32. The van der Waals surface area contributed by atoms with E-state index in [1.54, 1.807) is 6.08 Å². The molecule has 0 rings (SSSR count).